The molecule has 2 rings (SSSR count). The van der Waals surface area contributed by atoms with Crippen molar-refractivity contribution in [3.8, 4) is 0 Å². The van der Waals surface area contributed by atoms with E-state index in [1.165, 1.54) is 6.07 Å². The van der Waals surface area contributed by atoms with Crippen LogP contribution in [0.3, 0.4) is 0 Å². The molecule has 70 valence electrons. The lowest BCUT2D eigenvalue weighted by molar-refractivity contribution is 0.0788. The van der Waals surface area contributed by atoms with Gasteiger partial charge in [-0.3, -0.25) is 0 Å². The van der Waals surface area contributed by atoms with Crippen LogP contribution < -0.4 is 0 Å². The summed E-state index contributed by atoms with van der Waals surface area (Å²) in [5.41, 5.74) is 1.70. The summed E-state index contributed by atoms with van der Waals surface area (Å²) in [6.45, 7) is 1.78. The molecule has 0 heterocycles. The molecule has 0 amide bonds. The Morgan fingerprint density at radius 1 is 1.38 bits per heavy atom. The Morgan fingerprint density at radius 2 is 2.08 bits per heavy atom. The normalized spacial score (nSPS) is 18.7. The average molecular weight is 180 g/mol. The first-order valence-corrected chi connectivity index (χ1v) is 4.50. The monoisotopic (exact) mass is 180 g/mol. The van der Waals surface area contributed by atoms with Gasteiger partial charge in [-0.05, 0) is 37.0 Å². The van der Waals surface area contributed by atoms with Crippen LogP contribution in [0, 0.1) is 12.7 Å². The van der Waals surface area contributed by atoms with Gasteiger partial charge in [0.25, 0.3) is 0 Å². The van der Waals surface area contributed by atoms with E-state index in [1.54, 1.807) is 14.0 Å². The molecule has 0 atom stereocenters. The van der Waals surface area contributed by atoms with Crippen molar-refractivity contribution in [3.05, 3.63) is 35.1 Å². The van der Waals surface area contributed by atoms with Crippen LogP contribution >= 0.6 is 0 Å². The maximum Gasteiger partial charge on any atom is 0.126 e. The molecule has 2 heteroatoms. The Balaban J connectivity index is 2.37. The maximum absolute atomic E-state index is 13.0. The fraction of sp³-hybridized carbons (Fsp3) is 0.455. The second-order valence-corrected chi connectivity index (χ2v) is 3.66. The van der Waals surface area contributed by atoms with Gasteiger partial charge in [0.15, 0.2) is 0 Å². The van der Waals surface area contributed by atoms with Crippen molar-refractivity contribution in [3.63, 3.8) is 0 Å². The SMILES string of the molecule is COC1(c2ccc(F)c(C)c2)CC1. The molecule has 0 aromatic heterocycles. The van der Waals surface area contributed by atoms with E-state index in [-0.39, 0.29) is 11.4 Å². The molecule has 1 saturated carbocycles. The molecule has 0 saturated heterocycles. The summed E-state index contributed by atoms with van der Waals surface area (Å²) in [4.78, 5) is 0. The van der Waals surface area contributed by atoms with Crippen LogP contribution in [0.1, 0.15) is 24.0 Å². The highest BCUT2D eigenvalue weighted by Crippen LogP contribution is 2.48. The minimum atomic E-state index is -0.143. The minimum Gasteiger partial charge on any atom is -0.374 e. The molecule has 1 aliphatic rings. The first-order chi connectivity index (χ1) is 6.18. The van der Waals surface area contributed by atoms with E-state index in [9.17, 15) is 4.39 Å². The lowest BCUT2D eigenvalue weighted by Gasteiger charge is -2.14. The molecule has 0 aliphatic heterocycles. The summed E-state index contributed by atoms with van der Waals surface area (Å²) in [5.74, 6) is -0.143. The molecule has 0 spiro atoms. The predicted octanol–water partition coefficient (Wildman–Crippen LogP) is 2.77. The number of rotatable bonds is 2. The molecule has 1 nitrogen and oxygen atoms in total. The Labute approximate surface area is 77.5 Å². The van der Waals surface area contributed by atoms with E-state index in [2.05, 4.69) is 0 Å². The Kier molecular flexibility index (Phi) is 1.88. The van der Waals surface area contributed by atoms with E-state index in [4.69, 9.17) is 4.74 Å². The maximum atomic E-state index is 13.0. The second-order valence-electron chi connectivity index (χ2n) is 3.66. The molecular weight excluding hydrogens is 167 g/mol. The molecule has 13 heavy (non-hydrogen) atoms. The van der Waals surface area contributed by atoms with Crippen LogP contribution in [0.4, 0.5) is 4.39 Å². The molecule has 0 radical (unpaired) electrons. The third-order valence-corrected chi connectivity index (χ3v) is 2.78. The minimum absolute atomic E-state index is 0.0988. The largest absolute Gasteiger partial charge is 0.374 e. The van der Waals surface area contributed by atoms with Crippen molar-refractivity contribution in [2.45, 2.75) is 25.4 Å². The van der Waals surface area contributed by atoms with Gasteiger partial charge in [-0.25, -0.2) is 4.39 Å². The number of hydrogen-bond donors (Lipinski definition) is 0. The van der Waals surface area contributed by atoms with Crippen molar-refractivity contribution >= 4 is 0 Å². The summed E-state index contributed by atoms with van der Waals surface area (Å²) in [7, 11) is 1.71. The number of ether oxygens (including phenoxy) is 1. The van der Waals surface area contributed by atoms with Gasteiger partial charge in [0.05, 0.1) is 5.60 Å². The summed E-state index contributed by atoms with van der Waals surface area (Å²) in [6, 6.07) is 5.22. The zero-order valence-electron chi connectivity index (χ0n) is 7.93. The van der Waals surface area contributed by atoms with Crippen LogP contribution in [-0.2, 0) is 10.3 Å². The van der Waals surface area contributed by atoms with Crippen LogP contribution in [0.15, 0.2) is 18.2 Å². The lowest BCUT2D eigenvalue weighted by Crippen LogP contribution is -2.09. The first-order valence-electron chi connectivity index (χ1n) is 4.50. The quantitative estimate of drug-likeness (QED) is 0.680. The van der Waals surface area contributed by atoms with Gasteiger partial charge in [-0.2, -0.15) is 0 Å². The smallest absolute Gasteiger partial charge is 0.126 e. The molecule has 0 unspecified atom stereocenters. The Morgan fingerprint density at radius 3 is 2.54 bits per heavy atom. The highest BCUT2D eigenvalue weighted by molar-refractivity contribution is 5.32. The third-order valence-electron chi connectivity index (χ3n) is 2.78. The van der Waals surface area contributed by atoms with Crippen LogP contribution in [0.2, 0.25) is 0 Å². The fourth-order valence-electron chi connectivity index (χ4n) is 1.65. The van der Waals surface area contributed by atoms with Gasteiger partial charge in [-0.15, -0.1) is 0 Å². The number of hydrogen-bond acceptors (Lipinski definition) is 1. The van der Waals surface area contributed by atoms with Gasteiger partial charge in [-0.1, -0.05) is 12.1 Å². The summed E-state index contributed by atoms with van der Waals surface area (Å²) in [5, 5.41) is 0. The van der Waals surface area contributed by atoms with Gasteiger partial charge in [0.1, 0.15) is 5.82 Å². The Hall–Kier alpha value is -0.890. The van der Waals surface area contributed by atoms with Crippen LogP contribution in [0.25, 0.3) is 0 Å². The Bertz CT molecular complexity index is 329. The van der Waals surface area contributed by atoms with Gasteiger partial charge >= 0.3 is 0 Å². The van der Waals surface area contributed by atoms with Crippen LogP contribution in [0.5, 0.6) is 0 Å². The van der Waals surface area contributed by atoms with E-state index in [1.807, 2.05) is 12.1 Å². The van der Waals surface area contributed by atoms with Gasteiger partial charge in [0.2, 0.25) is 0 Å². The standard InChI is InChI=1S/C11H13FO/c1-8-7-9(3-4-10(8)12)11(13-2)5-6-11/h3-4,7H,5-6H2,1-2H3. The summed E-state index contributed by atoms with van der Waals surface area (Å²) >= 11 is 0. The van der Waals surface area contributed by atoms with E-state index < -0.39 is 0 Å². The number of halogens is 1. The fourth-order valence-corrected chi connectivity index (χ4v) is 1.65. The van der Waals surface area contributed by atoms with Crippen molar-refractivity contribution in [2.75, 3.05) is 7.11 Å². The van der Waals surface area contributed by atoms with Crippen molar-refractivity contribution < 1.29 is 9.13 Å². The number of benzene rings is 1. The van der Waals surface area contributed by atoms with E-state index >= 15 is 0 Å². The van der Waals surface area contributed by atoms with Crippen molar-refractivity contribution in [1.29, 1.82) is 0 Å². The van der Waals surface area contributed by atoms with Crippen LogP contribution in [-0.4, -0.2) is 7.11 Å². The molecule has 1 aliphatic carbocycles. The lowest BCUT2D eigenvalue weighted by atomic mass is 10.0. The number of aryl methyl sites for hydroxylation is 1. The zero-order valence-corrected chi connectivity index (χ0v) is 7.93. The van der Waals surface area contributed by atoms with Gasteiger partial charge < -0.3 is 4.74 Å². The molecule has 1 aromatic carbocycles. The summed E-state index contributed by atoms with van der Waals surface area (Å²) in [6.07, 6.45) is 2.10. The van der Waals surface area contributed by atoms with Crippen molar-refractivity contribution in [1.82, 2.24) is 0 Å². The topological polar surface area (TPSA) is 9.23 Å². The highest BCUT2D eigenvalue weighted by Gasteiger charge is 2.44. The molecular formula is C11H13FO. The molecule has 0 N–H and O–H groups in total. The van der Waals surface area contributed by atoms with Crippen molar-refractivity contribution in [2.24, 2.45) is 0 Å². The third kappa shape index (κ3) is 1.35. The zero-order chi connectivity index (χ0) is 9.47. The number of methoxy groups -OCH3 is 1. The molecule has 1 aromatic rings. The van der Waals surface area contributed by atoms with Gasteiger partial charge in [0, 0.05) is 7.11 Å². The van der Waals surface area contributed by atoms with E-state index in [0.717, 1.165) is 18.4 Å². The average Bonchev–Trinajstić information content (AvgIpc) is 2.90. The second kappa shape index (κ2) is 2.81. The highest BCUT2D eigenvalue weighted by atomic mass is 19.1. The summed E-state index contributed by atoms with van der Waals surface area (Å²) < 4.78 is 18.4. The molecule has 1 fully saturated rings. The first kappa shape index (κ1) is 8.70. The predicted molar refractivity (Wildman–Crippen MR) is 49.1 cm³/mol. The molecule has 0 bridgehead atoms. The van der Waals surface area contributed by atoms with E-state index in [0.29, 0.717) is 5.56 Å².